The molecule has 35 heavy (non-hydrogen) atoms. The number of ether oxygens (including phenoxy) is 2. The molecule has 2 aliphatic heterocycles. The lowest BCUT2D eigenvalue weighted by atomic mass is 10.0. The fourth-order valence-electron chi connectivity index (χ4n) is 4.50. The molecule has 1 unspecified atom stereocenters. The molecule has 0 spiro atoms. The summed E-state index contributed by atoms with van der Waals surface area (Å²) in [6.45, 7) is 0.499. The highest BCUT2D eigenvalue weighted by Gasteiger charge is 2.37. The summed E-state index contributed by atoms with van der Waals surface area (Å²) >= 11 is 5.78. The van der Waals surface area contributed by atoms with Crippen molar-refractivity contribution < 1.29 is 9.47 Å². The van der Waals surface area contributed by atoms with E-state index in [0.717, 1.165) is 39.1 Å². The minimum Gasteiger partial charge on any atom is -0.454 e. The number of aromatic nitrogens is 5. The Morgan fingerprint density at radius 2 is 1.94 bits per heavy atom. The van der Waals surface area contributed by atoms with Crippen LogP contribution >= 0.6 is 12.2 Å². The maximum atomic E-state index is 5.78. The lowest BCUT2D eigenvalue weighted by Crippen LogP contribution is -2.29. The molecular formula is C24H18N8O2S. The van der Waals surface area contributed by atoms with Crippen molar-refractivity contribution in [3.8, 4) is 11.5 Å². The van der Waals surface area contributed by atoms with Gasteiger partial charge < -0.3 is 24.7 Å². The van der Waals surface area contributed by atoms with E-state index in [1.165, 1.54) is 0 Å². The number of aromatic amines is 1. The number of anilines is 1. The second kappa shape index (κ2) is 7.77. The van der Waals surface area contributed by atoms with Gasteiger partial charge in [-0.15, -0.1) is 5.10 Å². The summed E-state index contributed by atoms with van der Waals surface area (Å²) in [7, 11) is 0. The number of fused-ring (bicyclic) bond motifs is 3. The van der Waals surface area contributed by atoms with Crippen molar-refractivity contribution >= 4 is 50.9 Å². The number of nitrogens with one attached hydrogen (secondary N) is 2. The van der Waals surface area contributed by atoms with E-state index in [1.807, 2.05) is 65.6 Å². The molecule has 2 aliphatic rings. The summed E-state index contributed by atoms with van der Waals surface area (Å²) in [6.07, 6.45) is 1.68. The second-order valence-electron chi connectivity index (χ2n) is 8.18. The Balaban J connectivity index is 1.32. The standard InChI is InChI=1S/C24H18N8O2S/c35-24-28-23(27-12-31-19-4-2-1-3-17(19)29-30-31)22(14-5-8-20-21(9-14)34-13-33-20)32(24)15-6-7-16-18(10-15)26-11-25-16/h1-11,22H,12-13H2,(H,25,26)(H,27,28,35). The molecule has 2 aromatic heterocycles. The molecule has 0 bridgehead atoms. The van der Waals surface area contributed by atoms with Crippen molar-refractivity contribution in [1.29, 1.82) is 0 Å². The lowest BCUT2D eigenvalue weighted by Gasteiger charge is -2.25. The van der Waals surface area contributed by atoms with Gasteiger partial charge >= 0.3 is 0 Å². The first-order valence-electron chi connectivity index (χ1n) is 11.0. The monoisotopic (exact) mass is 482 g/mol. The van der Waals surface area contributed by atoms with Crippen molar-refractivity contribution in [1.82, 2.24) is 30.3 Å². The summed E-state index contributed by atoms with van der Waals surface area (Å²) in [5, 5.41) is 12.4. The van der Waals surface area contributed by atoms with Crippen LogP contribution in [0.25, 0.3) is 22.1 Å². The van der Waals surface area contributed by atoms with E-state index in [9.17, 15) is 0 Å². The third-order valence-corrected chi connectivity index (χ3v) is 6.46. The number of nitrogens with zero attached hydrogens (tertiary/aromatic N) is 6. The van der Waals surface area contributed by atoms with E-state index in [0.29, 0.717) is 23.4 Å². The van der Waals surface area contributed by atoms with Gasteiger partial charge in [-0.2, -0.15) is 0 Å². The van der Waals surface area contributed by atoms with E-state index in [1.54, 1.807) is 11.0 Å². The number of aliphatic imine (C=N–C) groups is 1. The molecule has 1 saturated heterocycles. The fourth-order valence-corrected chi connectivity index (χ4v) is 4.81. The van der Waals surface area contributed by atoms with Gasteiger partial charge in [0.05, 0.1) is 22.9 Å². The molecule has 11 heteroatoms. The summed E-state index contributed by atoms with van der Waals surface area (Å²) in [4.78, 5) is 14.5. The highest BCUT2D eigenvalue weighted by atomic mass is 32.1. The Hall–Kier alpha value is -4.51. The molecule has 0 aliphatic carbocycles. The summed E-state index contributed by atoms with van der Waals surface area (Å²) < 4.78 is 12.9. The van der Waals surface area contributed by atoms with E-state index < -0.39 is 0 Å². The van der Waals surface area contributed by atoms with Gasteiger partial charge in [-0.1, -0.05) is 23.4 Å². The van der Waals surface area contributed by atoms with Gasteiger partial charge in [0.2, 0.25) is 6.79 Å². The Morgan fingerprint density at radius 3 is 2.91 bits per heavy atom. The van der Waals surface area contributed by atoms with Crippen LogP contribution in [0, 0.1) is 0 Å². The van der Waals surface area contributed by atoms with Gasteiger partial charge in [0.25, 0.3) is 0 Å². The van der Waals surface area contributed by atoms with Crippen LogP contribution in [0.2, 0.25) is 0 Å². The van der Waals surface area contributed by atoms with Crippen LogP contribution in [-0.2, 0) is 6.67 Å². The minimum absolute atomic E-state index is 0.208. The molecule has 172 valence electrons. The van der Waals surface area contributed by atoms with Crippen LogP contribution in [-0.4, -0.2) is 42.7 Å². The summed E-state index contributed by atoms with van der Waals surface area (Å²) in [5.41, 5.74) is 5.42. The zero-order valence-electron chi connectivity index (χ0n) is 18.3. The van der Waals surface area contributed by atoms with Crippen molar-refractivity contribution in [2.24, 2.45) is 4.99 Å². The first-order valence-corrected chi connectivity index (χ1v) is 11.4. The molecule has 5 aromatic rings. The van der Waals surface area contributed by atoms with Gasteiger partial charge in [-0.05, 0) is 60.2 Å². The molecule has 1 atom stereocenters. The number of amidine groups is 1. The Bertz CT molecular complexity index is 1640. The van der Waals surface area contributed by atoms with Crippen molar-refractivity contribution in [3.63, 3.8) is 0 Å². The van der Waals surface area contributed by atoms with Crippen LogP contribution in [0.4, 0.5) is 5.69 Å². The number of hydrogen-bond donors (Lipinski definition) is 2. The number of para-hydroxylation sites is 1. The maximum Gasteiger partial charge on any atom is 0.231 e. The minimum atomic E-state index is -0.303. The molecule has 0 amide bonds. The zero-order valence-corrected chi connectivity index (χ0v) is 19.1. The highest BCUT2D eigenvalue weighted by Crippen LogP contribution is 2.39. The summed E-state index contributed by atoms with van der Waals surface area (Å²) in [5.74, 6) is 2.12. The SMILES string of the molecule is S=C1NC(=NCn2nnc3ccccc32)C(c2ccc3c(c2)OCO3)N1c1ccc2[nH]cnc2c1. The van der Waals surface area contributed by atoms with Crippen LogP contribution in [0.3, 0.4) is 0 Å². The van der Waals surface area contributed by atoms with E-state index in [4.69, 9.17) is 26.7 Å². The van der Waals surface area contributed by atoms with Crippen LogP contribution in [0.1, 0.15) is 11.6 Å². The van der Waals surface area contributed by atoms with Crippen LogP contribution in [0.5, 0.6) is 11.5 Å². The number of imidazole rings is 1. The smallest absolute Gasteiger partial charge is 0.231 e. The molecule has 2 N–H and O–H groups in total. The lowest BCUT2D eigenvalue weighted by molar-refractivity contribution is 0.174. The number of thiocarbonyl (C=S) groups is 1. The average Bonchev–Trinajstić information content (AvgIpc) is 3.67. The van der Waals surface area contributed by atoms with Gasteiger partial charge in [0, 0.05) is 5.69 Å². The zero-order chi connectivity index (χ0) is 23.4. The highest BCUT2D eigenvalue weighted by molar-refractivity contribution is 7.80. The summed E-state index contributed by atoms with van der Waals surface area (Å²) in [6, 6.07) is 19.4. The molecule has 7 rings (SSSR count). The number of benzene rings is 3. The molecule has 1 fully saturated rings. The van der Waals surface area contributed by atoms with E-state index >= 15 is 0 Å². The maximum absolute atomic E-state index is 5.78. The Morgan fingerprint density at radius 1 is 1.03 bits per heavy atom. The molecule has 3 aromatic carbocycles. The second-order valence-corrected chi connectivity index (χ2v) is 8.57. The predicted molar refractivity (Wildman–Crippen MR) is 135 cm³/mol. The van der Waals surface area contributed by atoms with Crippen molar-refractivity contribution in [3.05, 3.63) is 72.6 Å². The van der Waals surface area contributed by atoms with Crippen molar-refractivity contribution in [2.45, 2.75) is 12.7 Å². The van der Waals surface area contributed by atoms with Gasteiger partial charge in [-0.3, -0.25) is 0 Å². The van der Waals surface area contributed by atoms with Crippen molar-refractivity contribution in [2.75, 3.05) is 11.7 Å². The molecule has 4 heterocycles. The Labute approximate surface area is 204 Å². The third kappa shape index (κ3) is 3.28. The van der Waals surface area contributed by atoms with E-state index in [-0.39, 0.29) is 12.8 Å². The first-order chi connectivity index (χ1) is 17.2. The predicted octanol–water partition coefficient (Wildman–Crippen LogP) is 3.53. The number of rotatable bonds is 4. The van der Waals surface area contributed by atoms with Crippen LogP contribution in [0.15, 0.2) is 72.0 Å². The normalized spacial score (nSPS) is 18.2. The Kier molecular flexibility index (Phi) is 4.42. The fraction of sp³-hybridized carbons (Fsp3) is 0.125. The first kappa shape index (κ1) is 19.9. The number of hydrogen-bond acceptors (Lipinski definition) is 7. The molecular weight excluding hydrogens is 464 g/mol. The number of H-pyrrole nitrogens is 1. The quantitative estimate of drug-likeness (QED) is 0.375. The largest absolute Gasteiger partial charge is 0.454 e. The third-order valence-electron chi connectivity index (χ3n) is 6.16. The van der Waals surface area contributed by atoms with Gasteiger partial charge in [-0.25, -0.2) is 14.7 Å². The van der Waals surface area contributed by atoms with Gasteiger partial charge in [0.15, 0.2) is 16.6 Å². The molecule has 0 radical (unpaired) electrons. The molecule has 0 saturated carbocycles. The molecule has 10 nitrogen and oxygen atoms in total. The van der Waals surface area contributed by atoms with E-state index in [2.05, 4.69) is 25.6 Å². The topological polar surface area (TPSA) is 105 Å². The average molecular weight is 483 g/mol. The van der Waals surface area contributed by atoms with Gasteiger partial charge in [0.1, 0.15) is 24.1 Å². The van der Waals surface area contributed by atoms with Crippen LogP contribution < -0.4 is 19.7 Å².